The standard InChI is InChI=1S/C14H29BN2/c1-11-9-16(12(2,3)4)10-14(8,15)17(11)13(5,6)7/h11H,9-10H2,1-8H3/t11?,14-/m0/s1. The zero-order valence-corrected chi connectivity index (χ0v) is 13.0. The van der Waals surface area contributed by atoms with E-state index in [1.54, 1.807) is 0 Å². The van der Waals surface area contributed by atoms with Crippen molar-refractivity contribution >= 4 is 7.85 Å². The highest BCUT2D eigenvalue weighted by molar-refractivity contribution is 6.15. The van der Waals surface area contributed by atoms with Crippen LogP contribution in [0.5, 0.6) is 0 Å². The first-order chi connectivity index (χ1) is 7.36. The van der Waals surface area contributed by atoms with Crippen LogP contribution in [-0.2, 0) is 0 Å². The Morgan fingerprint density at radius 3 is 1.82 bits per heavy atom. The van der Waals surface area contributed by atoms with Gasteiger partial charge in [-0.15, -0.1) is 0 Å². The average molecular weight is 236 g/mol. The lowest BCUT2D eigenvalue weighted by Crippen LogP contribution is -2.71. The molecule has 1 aliphatic heterocycles. The largest absolute Gasteiger partial charge is 0.296 e. The summed E-state index contributed by atoms with van der Waals surface area (Å²) in [4.78, 5) is 4.96. The summed E-state index contributed by atoms with van der Waals surface area (Å²) in [5.74, 6) is 0. The summed E-state index contributed by atoms with van der Waals surface area (Å²) in [6, 6.07) is 0.484. The van der Waals surface area contributed by atoms with Crippen molar-refractivity contribution in [3.8, 4) is 0 Å². The van der Waals surface area contributed by atoms with Gasteiger partial charge in [-0.3, -0.25) is 9.80 Å². The predicted molar refractivity (Wildman–Crippen MR) is 76.5 cm³/mol. The van der Waals surface area contributed by atoms with Crippen molar-refractivity contribution in [1.29, 1.82) is 0 Å². The second-order valence-electron chi connectivity index (χ2n) is 7.80. The van der Waals surface area contributed by atoms with Crippen LogP contribution in [0, 0.1) is 0 Å². The normalized spacial score (nSPS) is 34.0. The van der Waals surface area contributed by atoms with Crippen LogP contribution in [0.4, 0.5) is 0 Å². The van der Waals surface area contributed by atoms with E-state index in [-0.39, 0.29) is 16.5 Å². The van der Waals surface area contributed by atoms with Crippen molar-refractivity contribution in [3.05, 3.63) is 0 Å². The van der Waals surface area contributed by atoms with Crippen LogP contribution in [0.15, 0.2) is 0 Å². The highest BCUT2D eigenvalue weighted by Crippen LogP contribution is 2.33. The second kappa shape index (κ2) is 4.27. The fourth-order valence-electron chi connectivity index (χ4n) is 3.37. The summed E-state index contributed by atoms with van der Waals surface area (Å²) in [5.41, 5.74) is 0.0505. The quantitative estimate of drug-likeness (QED) is 0.596. The van der Waals surface area contributed by atoms with Crippen LogP contribution < -0.4 is 0 Å². The van der Waals surface area contributed by atoms with Gasteiger partial charge < -0.3 is 0 Å². The molecule has 0 N–H and O–H groups in total. The van der Waals surface area contributed by atoms with Crippen LogP contribution >= 0.6 is 0 Å². The minimum atomic E-state index is -0.261. The van der Waals surface area contributed by atoms with Gasteiger partial charge in [0.2, 0.25) is 0 Å². The summed E-state index contributed by atoms with van der Waals surface area (Å²) in [5, 5.41) is 0. The van der Waals surface area contributed by atoms with E-state index in [0.29, 0.717) is 6.04 Å². The molecule has 0 amide bonds. The minimum absolute atomic E-state index is 0.118. The molecule has 1 rings (SSSR count). The van der Waals surface area contributed by atoms with E-state index < -0.39 is 0 Å². The third-order valence-electron chi connectivity index (χ3n) is 3.66. The second-order valence-corrected chi connectivity index (χ2v) is 7.80. The van der Waals surface area contributed by atoms with Crippen LogP contribution in [0.2, 0.25) is 0 Å². The van der Waals surface area contributed by atoms with E-state index in [0.717, 1.165) is 13.1 Å². The number of nitrogens with zero attached hydrogens (tertiary/aromatic N) is 2. The Morgan fingerprint density at radius 2 is 1.53 bits per heavy atom. The zero-order chi connectivity index (χ0) is 13.6. The summed E-state index contributed by atoms with van der Waals surface area (Å²) in [6.07, 6.45) is 0. The predicted octanol–water partition coefficient (Wildman–Crippen LogP) is 2.47. The van der Waals surface area contributed by atoms with Gasteiger partial charge in [0.15, 0.2) is 0 Å². The highest BCUT2D eigenvalue weighted by atomic mass is 15.4. The van der Waals surface area contributed by atoms with Gasteiger partial charge in [0.1, 0.15) is 0 Å². The van der Waals surface area contributed by atoms with Gasteiger partial charge in [-0.2, -0.15) is 0 Å². The minimum Gasteiger partial charge on any atom is -0.296 e. The Morgan fingerprint density at radius 1 is 1.06 bits per heavy atom. The molecule has 0 aromatic rings. The number of rotatable bonds is 0. The molecule has 1 saturated heterocycles. The van der Waals surface area contributed by atoms with Crippen LogP contribution in [0.25, 0.3) is 0 Å². The number of hydrogen-bond acceptors (Lipinski definition) is 2. The molecule has 1 unspecified atom stereocenters. The summed E-state index contributed by atoms with van der Waals surface area (Å²) in [6.45, 7) is 20.0. The third kappa shape index (κ3) is 3.26. The Kier molecular flexibility index (Phi) is 3.78. The van der Waals surface area contributed by atoms with E-state index in [1.807, 2.05) is 0 Å². The molecular weight excluding hydrogens is 207 g/mol. The zero-order valence-electron chi connectivity index (χ0n) is 13.0. The molecule has 1 aliphatic rings. The molecule has 1 heterocycles. The Bertz CT molecular complexity index is 273. The number of piperazine rings is 1. The van der Waals surface area contributed by atoms with Crippen molar-refractivity contribution in [1.82, 2.24) is 9.80 Å². The number of hydrogen-bond donors (Lipinski definition) is 0. The molecule has 0 aromatic heterocycles. The molecule has 0 spiro atoms. The Hall–Kier alpha value is -0.0151. The van der Waals surface area contributed by atoms with Crippen molar-refractivity contribution in [3.63, 3.8) is 0 Å². The van der Waals surface area contributed by atoms with Crippen LogP contribution in [0.1, 0.15) is 55.4 Å². The lowest BCUT2D eigenvalue weighted by molar-refractivity contribution is -0.0683. The lowest BCUT2D eigenvalue weighted by atomic mass is 9.71. The molecule has 3 heteroatoms. The molecular formula is C14H29BN2. The van der Waals surface area contributed by atoms with E-state index in [9.17, 15) is 0 Å². The topological polar surface area (TPSA) is 6.48 Å². The van der Waals surface area contributed by atoms with Gasteiger partial charge in [-0.25, -0.2) is 0 Å². The summed E-state index contributed by atoms with van der Waals surface area (Å²) in [7, 11) is 6.57. The first kappa shape index (κ1) is 15.0. The van der Waals surface area contributed by atoms with E-state index >= 15 is 0 Å². The van der Waals surface area contributed by atoms with Gasteiger partial charge in [-0.05, 0) is 53.9 Å². The SMILES string of the molecule is [B][C@]1(C)CN(C(C)(C)C)CC(C)N1C(C)(C)C. The molecule has 0 saturated carbocycles. The maximum absolute atomic E-state index is 6.57. The molecule has 0 aliphatic carbocycles. The van der Waals surface area contributed by atoms with Crippen LogP contribution in [0.3, 0.4) is 0 Å². The van der Waals surface area contributed by atoms with E-state index in [2.05, 4.69) is 65.2 Å². The Labute approximate surface area is 109 Å². The molecule has 0 aromatic carbocycles. The highest BCUT2D eigenvalue weighted by Gasteiger charge is 2.44. The first-order valence-electron chi connectivity index (χ1n) is 6.69. The van der Waals surface area contributed by atoms with E-state index in [4.69, 9.17) is 7.85 Å². The molecule has 98 valence electrons. The average Bonchev–Trinajstić information content (AvgIpc) is 1.94. The first-order valence-corrected chi connectivity index (χ1v) is 6.69. The van der Waals surface area contributed by atoms with Gasteiger partial charge in [0.25, 0.3) is 0 Å². The lowest BCUT2D eigenvalue weighted by Gasteiger charge is -2.59. The maximum atomic E-state index is 6.57. The Balaban J connectivity index is 2.97. The van der Waals surface area contributed by atoms with Gasteiger partial charge >= 0.3 is 0 Å². The van der Waals surface area contributed by atoms with Crippen molar-refractivity contribution in [2.75, 3.05) is 13.1 Å². The molecule has 2 nitrogen and oxygen atoms in total. The van der Waals surface area contributed by atoms with Crippen molar-refractivity contribution in [2.24, 2.45) is 0 Å². The van der Waals surface area contributed by atoms with Crippen molar-refractivity contribution in [2.45, 2.75) is 77.9 Å². The molecule has 17 heavy (non-hydrogen) atoms. The fourth-order valence-corrected chi connectivity index (χ4v) is 3.37. The van der Waals surface area contributed by atoms with Gasteiger partial charge in [0, 0.05) is 30.2 Å². The molecule has 0 bridgehead atoms. The van der Waals surface area contributed by atoms with Crippen molar-refractivity contribution < 1.29 is 0 Å². The van der Waals surface area contributed by atoms with E-state index in [1.165, 1.54) is 0 Å². The summed E-state index contributed by atoms with van der Waals surface area (Å²) >= 11 is 0. The summed E-state index contributed by atoms with van der Waals surface area (Å²) < 4.78 is 0. The fraction of sp³-hybridized carbons (Fsp3) is 1.00. The molecule has 2 atom stereocenters. The van der Waals surface area contributed by atoms with Gasteiger partial charge in [0.05, 0.1) is 7.85 Å². The third-order valence-corrected chi connectivity index (χ3v) is 3.66. The van der Waals surface area contributed by atoms with Crippen LogP contribution in [-0.4, -0.2) is 53.3 Å². The molecule has 1 fully saturated rings. The smallest absolute Gasteiger partial charge is 0.0971 e. The van der Waals surface area contributed by atoms with Gasteiger partial charge in [-0.1, -0.05) is 6.92 Å². The molecule has 2 radical (unpaired) electrons. The monoisotopic (exact) mass is 236 g/mol. The maximum Gasteiger partial charge on any atom is 0.0971 e.